The highest BCUT2D eigenvalue weighted by Crippen LogP contribution is 2.43. The number of rotatable bonds is 3. The van der Waals surface area contributed by atoms with Gasteiger partial charge in [0.1, 0.15) is 5.54 Å². The number of piperazine rings is 1. The number of carbonyl (C=O) groups is 1. The van der Waals surface area contributed by atoms with E-state index in [4.69, 9.17) is 0 Å². The number of hydrogen-bond acceptors (Lipinski definition) is 6. The molecule has 0 saturated carbocycles. The lowest BCUT2D eigenvalue weighted by Crippen LogP contribution is -2.62. The van der Waals surface area contributed by atoms with Crippen molar-refractivity contribution in [1.82, 2.24) is 4.90 Å². The number of aliphatic hydroxyl groups excluding tert-OH is 1. The van der Waals surface area contributed by atoms with Gasteiger partial charge in [-0.25, -0.2) is 0 Å². The zero-order chi connectivity index (χ0) is 15.9. The molecule has 0 aromatic carbocycles. The minimum Gasteiger partial charge on any atom is -0.388 e. The second-order valence-electron chi connectivity index (χ2n) is 5.71. The molecule has 1 aromatic rings. The molecule has 21 heavy (non-hydrogen) atoms. The summed E-state index contributed by atoms with van der Waals surface area (Å²) in [7, 11) is 1.73. The van der Waals surface area contributed by atoms with E-state index in [1.165, 1.54) is 17.4 Å². The largest absolute Gasteiger partial charge is 0.388 e. The van der Waals surface area contributed by atoms with Gasteiger partial charge in [-0.3, -0.25) is 14.9 Å². The fraction of sp³-hybridized carbons (Fsp3) is 0.615. The number of nitrogens with zero attached hydrogens (tertiary/aromatic N) is 3. The molecule has 1 aliphatic rings. The van der Waals surface area contributed by atoms with Gasteiger partial charge >= 0.3 is 5.69 Å². The van der Waals surface area contributed by atoms with Gasteiger partial charge in [0, 0.05) is 31.1 Å². The zero-order valence-corrected chi connectivity index (χ0v) is 13.3. The molecule has 1 amide bonds. The highest BCUT2D eigenvalue weighted by Gasteiger charge is 2.43. The first-order valence-corrected chi connectivity index (χ1v) is 7.47. The van der Waals surface area contributed by atoms with Gasteiger partial charge < -0.3 is 14.9 Å². The SMILES string of the molecule is C[C@H](O)c1cc([N+](=O)[O-])c(N2CCN(C)C(=O)C2(C)C)s1. The Morgan fingerprint density at radius 1 is 1.48 bits per heavy atom. The molecule has 0 aliphatic carbocycles. The molecule has 1 saturated heterocycles. The Morgan fingerprint density at radius 2 is 2.10 bits per heavy atom. The van der Waals surface area contributed by atoms with E-state index in [9.17, 15) is 20.0 Å². The summed E-state index contributed by atoms with van der Waals surface area (Å²) < 4.78 is 0. The molecule has 8 heteroatoms. The Labute approximate surface area is 126 Å². The number of likely N-dealkylation sites (N-methyl/N-ethyl adjacent to an activating group) is 1. The molecular formula is C13H19N3O4S. The van der Waals surface area contributed by atoms with E-state index in [0.29, 0.717) is 23.0 Å². The lowest BCUT2D eigenvalue weighted by Gasteiger charge is -2.45. The normalized spacial score (nSPS) is 19.8. The second kappa shape index (κ2) is 5.27. The third-order valence-corrected chi connectivity index (χ3v) is 5.09. The predicted octanol–water partition coefficient (Wildman–Crippen LogP) is 1.77. The topological polar surface area (TPSA) is 86.9 Å². The number of aliphatic hydroxyl groups is 1. The van der Waals surface area contributed by atoms with Crippen LogP contribution in [0.25, 0.3) is 0 Å². The number of nitro groups is 1. The molecule has 0 bridgehead atoms. The summed E-state index contributed by atoms with van der Waals surface area (Å²) in [4.78, 5) is 27.1. The molecule has 1 fully saturated rings. The number of carbonyl (C=O) groups excluding carboxylic acids is 1. The Balaban J connectivity index is 2.50. The average Bonchev–Trinajstić information content (AvgIpc) is 2.81. The third-order valence-electron chi connectivity index (χ3n) is 3.77. The van der Waals surface area contributed by atoms with Gasteiger partial charge in [0.25, 0.3) is 0 Å². The summed E-state index contributed by atoms with van der Waals surface area (Å²) in [5, 5.41) is 21.4. The van der Waals surface area contributed by atoms with Crippen LogP contribution in [0.4, 0.5) is 10.7 Å². The lowest BCUT2D eigenvalue weighted by molar-refractivity contribution is -0.383. The lowest BCUT2D eigenvalue weighted by atomic mass is 9.98. The first-order valence-electron chi connectivity index (χ1n) is 6.65. The minimum atomic E-state index is -0.849. The highest BCUT2D eigenvalue weighted by atomic mass is 32.1. The molecule has 116 valence electrons. The monoisotopic (exact) mass is 313 g/mol. The van der Waals surface area contributed by atoms with Crippen molar-refractivity contribution in [3.8, 4) is 0 Å². The first kappa shape index (κ1) is 15.7. The van der Waals surface area contributed by atoms with Crippen molar-refractivity contribution in [1.29, 1.82) is 0 Å². The van der Waals surface area contributed by atoms with Crippen LogP contribution in [0.3, 0.4) is 0 Å². The van der Waals surface area contributed by atoms with Gasteiger partial charge in [-0.1, -0.05) is 0 Å². The fourth-order valence-corrected chi connectivity index (χ4v) is 3.72. The molecule has 7 nitrogen and oxygen atoms in total. The van der Waals surface area contributed by atoms with Crippen LogP contribution in [-0.2, 0) is 4.79 Å². The van der Waals surface area contributed by atoms with Gasteiger partial charge in [0.15, 0.2) is 5.00 Å². The summed E-state index contributed by atoms with van der Waals surface area (Å²) in [5.41, 5.74) is -0.903. The van der Waals surface area contributed by atoms with Gasteiger partial charge in [-0.15, -0.1) is 11.3 Å². The number of amides is 1. The summed E-state index contributed by atoms with van der Waals surface area (Å²) in [6.45, 7) is 6.13. The van der Waals surface area contributed by atoms with Crippen molar-refractivity contribution in [3.05, 3.63) is 21.1 Å². The van der Waals surface area contributed by atoms with Crippen LogP contribution in [0.1, 0.15) is 31.8 Å². The molecule has 0 radical (unpaired) electrons. The number of anilines is 1. The van der Waals surface area contributed by atoms with Crippen LogP contribution in [0, 0.1) is 10.1 Å². The predicted molar refractivity (Wildman–Crippen MR) is 80.7 cm³/mol. The molecule has 2 heterocycles. The van der Waals surface area contributed by atoms with Crippen LogP contribution < -0.4 is 4.90 Å². The molecule has 0 unspecified atom stereocenters. The fourth-order valence-electron chi connectivity index (χ4n) is 2.49. The Hall–Kier alpha value is -1.67. The Morgan fingerprint density at radius 3 is 2.62 bits per heavy atom. The summed E-state index contributed by atoms with van der Waals surface area (Å²) in [6, 6.07) is 1.39. The van der Waals surface area contributed by atoms with Crippen LogP contribution in [0.5, 0.6) is 0 Å². The summed E-state index contributed by atoms with van der Waals surface area (Å²) in [5.74, 6) is -0.0740. The van der Waals surface area contributed by atoms with Gasteiger partial charge in [-0.2, -0.15) is 0 Å². The summed E-state index contributed by atoms with van der Waals surface area (Å²) >= 11 is 1.17. The van der Waals surface area contributed by atoms with Crippen molar-refractivity contribution in [2.75, 3.05) is 25.0 Å². The quantitative estimate of drug-likeness (QED) is 0.679. The molecule has 1 aromatic heterocycles. The molecule has 1 N–H and O–H groups in total. The molecule has 1 atom stereocenters. The van der Waals surface area contributed by atoms with Crippen LogP contribution in [-0.4, -0.2) is 46.5 Å². The molecule has 2 rings (SSSR count). The molecule has 1 aliphatic heterocycles. The maximum atomic E-state index is 12.3. The Kier molecular flexibility index (Phi) is 3.94. The maximum absolute atomic E-state index is 12.3. The number of hydrogen-bond donors (Lipinski definition) is 1. The van der Waals surface area contributed by atoms with E-state index in [-0.39, 0.29) is 11.6 Å². The summed E-state index contributed by atoms with van der Waals surface area (Å²) in [6.07, 6.45) is -0.770. The number of thiophene rings is 1. The highest BCUT2D eigenvalue weighted by molar-refractivity contribution is 7.16. The Bertz CT molecular complexity index is 582. The second-order valence-corrected chi connectivity index (χ2v) is 6.77. The smallest absolute Gasteiger partial charge is 0.304 e. The third kappa shape index (κ3) is 2.60. The average molecular weight is 313 g/mol. The molecular weight excluding hydrogens is 294 g/mol. The minimum absolute atomic E-state index is 0.0543. The van der Waals surface area contributed by atoms with E-state index in [2.05, 4.69) is 0 Å². The van der Waals surface area contributed by atoms with Gasteiger partial charge in [0.2, 0.25) is 5.91 Å². The van der Waals surface area contributed by atoms with Crippen LogP contribution in [0.15, 0.2) is 6.07 Å². The van der Waals surface area contributed by atoms with E-state index >= 15 is 0 Å². The van der Waals surface area contributed by atoms with E-state index in [1.54, 1.807) is 37.6 Å². The van der Waals surface area contributed by atoms with E-state index < -0.39 is 16.6 Å². The van der Waals surface area contributed by atoms with Gasteiger partial charge in [0.05, 0.1) is 11.0 Å². The first-order chi connectivity index (χ1) is 9.66. The standard InChI is InChI=1S/C13H19N3O4S/c1-8(17)10-7-9(16(19)20)11(21-10)15-6-5-14(4)12(18)13(15,2)3/h7-8,17H,5-6H2,1-4H3/t8-/m0/s1. The maximum Gasteiger partial charge on any atom is 0.304 e. The van der Waals surface area contributed by atoms with Crippen LogP contribution in [0.2, 0.25) is 0 Å². The van der Waals surface area contributed by atoms with Crippen molar-refractivity contribution in [3.63, 3.8) is 0 Å². The van der Waals surface area contributed by atoms with Crippen molar-refractivity contribution in [2.24, 2.45) is 0 Å². The van der Waals surface area contributed by atoms with Crippen LogP contribution >= 0.6 is 11.3 Å². The van der Waals surface area contributed by atoms with E-state index in [0.717, 1.165) is 0 Å². The van der Waals surface area contributed by atoms with Crippen molar-refractivity contribution >= 4 is 27.9 Å². The molecule has 0 spiro atoms. The van der Waals surface area contributed by atoms with Crippen molar-refractivity contribution < 1.29 is 14.8 Å². The van der Waals surface area contributed by atoms with Crippen molar-refractivity contribution in [2.45, 2.75) is 32.4 Å². The van der Waals surface area contributed by atoms with E-state index in [1.807, 2.05) is 0 Å². The zero-order valence-electron chi connectivity index (χ0n) is 12.5. The van der Waals surface area contributed by atoms with Gasteiger partial charge in [-0.05, 0) is 20.8 Å².